The molecular formula is C25H39N3O3. The van der Waals surface area contributed by atoms with Gasteiger partial charge in [0.2, 0.25) is 5.91 Å². The Hall–Kier alpha value is -2.08. The molecule has 0 aromatic heterocycles. The first-order valence-electron chi connectivity index (χ1n) is 12.2. The normalized spacial score (nSPS) is 17.8. The number of unbranched alkanes of at least 4 members (excludes halogenated alkanes) is 1. The van der Waals surface area contributed by atoms with Gasteiger partial charge in [-0.3, -0.25) is 9.59 Å². The first-order valence-corrected chi connectivity index (χ1v) is 12.2. The van der Waals surface area contributed by atoms with Gasteiger partial charge in [0.1, 0.15) is 5.75 Å². The summed E-state index contributed by atoms with van der Waals surface area (Å²) in [6.07, 6.45) is 9.38. The first kappa shape index (κ1) is 23.6. The minimum Gasteiger partial charge on any atom is -0.494 e. The predicted octanol–water partition coefficient (Wildman–Crippen LogP) is 3.85. The lowest BCUT2D eigenvalue weighted by Crippen LogP contribution is -2.48. The fourth-order valence-electron chi connectivity index (χ4n) is 4.50. The van der Waals surface area contributed by atoms with Crippen molar-refractivity contribution in [1.82, 2.24) is 15.1 Å². The van der Waals surface area contributed by atoms with Crippen molar-refractivity contribution in [2.24, 2.45) is 0 Å². The highest BCUT2D eigenvalue weighted by Gasteiger charge is 2.27. The highest BCUT2D eigenvalue weighted by molar-refractivity contribution is 5.94. The molecule has 2 aliphatic rings. The molecule has 2 fully saturated rings. The van der Waals surface area contributed by atoms with Crippen molar-refractivity contribution < 1.29 is 14.3 Å². The Morgan fingerprint density at radius 3 is 2.39 bits per heavy atom. The molecule has 6 heteroatoms. The molecule has 3 rings (SSSR count). The fourth-order valence-corrected chi connectivity index (χ4v) is 4.50. The van der Waals surface area contributed by atoms with Gasteiger partial charge in [-0.05, 0) is 43.5 Å². The minimum atomic E-state index is 0.0418. The predicted molar refractivity (Wildman–Crippen MR) is 123 cm³/mol. The van der Waals surface area contributed by atoms with E-state index in [4.69, 9.17) is 4.74 Å². The zero-order chi connectivity index (χ0) is 21.9. The van der Waals surface area contributed by atoms with E-state index in [1.807, 2.05) is 34.1 Å². The molecule has 1 heterocycles. The molecular weight excluding hydrogens is 390 g/mol. The highest BCUT2D eigenvalue weighted by Crippen LogP contribution is 2.24. The number of amides is 2. The molecule has 31 heavy (non-hydrogen) atoms. The van der Waals surface area contributed by atoms with E-state index in [0.717, 1.165) is 70.5 Å². The summed E-state index contributed by atoms with van der Waals surface area (Å²) in [5.41, 5.74) is 0.682. The Kier molecular flexibility index (Phi) is 9.66. The molecule has 1 N–H and O–H groups in total. The third-order valence-corrected chi connectivity index (χ3v) is 6.43. The highest BCUT2D eigenvalue weighted by atomic mass is 16.5. The summed E-state index contributed by atoms with van der Waals surface area (Å²) in [5.74, 6) is 1.01. The number of benzene rings is 1. The van der Waals surface area contributed by atoms with Crippen LogP contribution in [0.15, 0.2) is 24.3 Å². The number of carbonyl (C=O) groups excluding carboxylic acids is 2. The second-order valence-electron chi connectivity index (χ2n) is 8.75. The maximum Gasteiger partial charge on any atom is 0.254 e. The van der Waals surface area contributed by atoms with Crippen LogP contribution < -0.4 is 10.1 Å². The van der Waals surface area contributed by atoms with Crippen LogP contribution in [0, 0.1) is 0 Å². The molecule has 1 aromatic carbocycles. The third kappa shape index (κ3) is 7.23. The molecule has 0 radical (unpaired) electrons. The summed E-state index contributed by atoms with van der Waals surface area (Å²) < 4.78 is 5.74. The Labute approximate surface area is 187 Å². The lowest BCUT2D eigenvalue weighted by atomic mass is 10.0. The monoisotopic (exact) mass is 429 g/mol. The smallest absolute Gasteiger partial charge is 0.254 e. The number of piperazine rings is 1. The first-order chi connectivity index (χ1) is 15.2. The van der Waals surface area contributed by atoms with Crippen molar-refractivity contribution in [2.75, 3.05) is 39.3 Å². The summed E-state index contributed by atoms with van der Waals surface area (Å²) in [4.78, 5) is 30.1. The van der Waals surface area contributed by atoms with E-state index in [9.17, 15) is 9.59 Å². The summed E-state index contributed by atoms with van der Waals surface area (Å²) in [5, 5.41) is 3.28. The molecule has 172 valence electrons. The summed E-state index contributed by atoms with van der Waals surface area (Å²) in [6.45, 7) is 6.56. The summed E-state index contributed by atoms with van der Waals surface area (Å²) in [6, 6.07) is 7.74. The summed E-state index contributed by atoms with van der Waals surface area (Å²) >= 11 is 0. The van der Waals surface area contributed by atoms with Crippen molar-refractivity contribution >= 4 is 11.8 Å². The Morgan fingerprint density at radius 1 is 1.06 bits per heavy atom. The van der Waals surface area contributed by atoms with Crippen molar-refractivity contribution in [2.45, 2.75) is 70.8 Å². The van der Waals surface area contributed by atoms with E-state index < -0.39 is 0 Å². The van der Waals surface area contributed by atoms with Gasteiger partial charge in [-0.2, -0.15) is 0 Å². The largest absolute Gasteiger partial charge is 0.494 e. The molecule has 1 aromatic rings. The molecule has 1 saturated carbocycles. The third-order valence-electron chi connectivity index (χ3n) is 6.43. The lowest BCUT2D eigenvalue weighted by Gasteiger charge is -2.33. The van der Waals surface area contributed by atoms with Gasteiger partial charge in [-0.25, -0.2) is 0 Å². The lowest BCUT2D eigenvalue weighted by molar-refractivity contribution is -0.132. The van der Waals surface area contributed by atoms with Crippen LogP contribution in [-0.2, 0) is 4.79 Å². The van der Waals surface area contributed by atoms with Crippen LogP contribution >= 0.6 is 0 Å². The number of nitrogens with zero attached hydrogens (tertiary/aromatic N) is 2. The Balaban J connectivity index is 1.65. The number of ether oxygens (including phenoxy) is 1. The van der Waals surface area contributed by atoms with E-state index in [1.54, 1.807) is 0 Å². The van der Waals surface area contributed by atoms with Gasteiger partial charge in [0.05, 0.1) is 6.61 Å². The van der Waals surface area contributed by atoms with Crippen molar-refractivity contribution in [3.8, 4) is 5.75 Å². The van der Waals surface area contributed by atoms with E-state index in [2.05, 4.69) is 12.2 Å². The van der Waals surface area contributed by atoms with Gasteiger partial charge in [0, 0.05) is 50.7 Å². The van der Waals surface area contributed by atoms with Crippen LogP contribution in [0.1, 0.15) is 75.1 Å². The average molecular weight is 430 g/mol. The van der Waals surface area contributed by atoms with Gasteiger partial charge in [-0.15, -0.1) is 0 Å². The van der Waals surface area contributed by atoms with Crippen molar-refractivity contribution in [3.05, 3.63) is 29.8 Å². The van der Waals surface area contributed by atoms with Crippen LogP contribution in [0.4, 0.5) is 0 Å². The standard InChI is InChI=1S/C25H39N3O3/c1-2-3-20-31-23-12-10-21(11-13-23)25(30)28(22-8-6-4-5-7-9-22)17-14-24(29)27-18-15-26-16-19-27/h10-13,22,26H,2-9,14-20H2,1H3. The number of hydrogen-bond acceptors (Lipinski definition) is 4. The second-order valence-corrected chi connectivity index (χ2v) is 8.75. The molecule has 0 spiro atoms. The molecule has 0 atom stereocenters. The molecule has 0 bridgehead atoms. The Morgan fingerprint density at radius 2 is 1.74 bits per heavy atom. The number of hydrogen-bond donors (Lipinski definition) is 1. The van der Waals surface area contributed by atoms with Crippen LogP contribution in [0.5, 0.6) is 5.75 Å². The SMILES string of the molecule is CCCCOc1ccc(C(=O)N(CCC(=O)N2CCNCC2)C2CCCCCC2)cc1. The van der Waals surface area contributed by atoms with Crippen LogP contribution in [0.2, 0.25) is 0 Å². The zero-order valence-corrected chi connectivity index (χ0v) is 19.1. The molecule has 1 aliphatic carbocycles. The van der Waals surface area contributed by atoms with Gasteiger partial charge < -0.3 is 19.9 Å². The molecule has 2 amide bonds. The Bertz CT molecular complexity index is 678. The quantitative estimate of drug-likeness (QED) is 0.478. The van der Waals surface area contributed by atoms with E-state index in [1.165, 1.54) is 12.8 Å². The number of nitrogens with one attached hydrogen (secondary N) is 1. The minimum absolute atomic E-state index is 0.0418. The molecule has 6 nitrogen and oxygen atoms in total. The van der Waals surface area contributed by atoms with Gasteiger partial charge in [0.25, 0.3) is 5.91 Å². The van der Waals surface area contributed by atoms with Gasteiger partial charge in [0.15, 0.2) is 0 Å². The average Bonchev–Trinajstić information content (AvgIpc) is 3.10. The maximum atomic E-state index is 13.5. The molecule has 1 saturated heterocycles. The van der Waals surface area contributed by atoms with E-state index in [0.29, 0.717) is 25.1 Å². The van der Waals surface area contributed by atoms with E-state index >= 15 is 0 Å². The zero-order valence-electron chi connectivity index (χ0n) is 19.1. The molecule has 0 unspecified atom stereocenters. The van der Waals surface area contributed by atoms with Crippen molar-refractivity contribution in [3.63, 3.8) is 0 Å². The number of carbonyl (C=O) groups is 2. The van der Waals surface area contributed by atoms with Gasteiger partial charge >= 0.3 is 0 Å². The summed E-state index contributed by atoms with van der Waals surface area (Å²) in [7, 11) is 0. The van der Waals surface area contributed by atoms with Gasteiger partial charge in [-0.1, -0.05) is 39.0 Å². The molecule has 1 aliphatic heterocycles. The van der Waals surface area contributed by atoms with Crippen molar-refractivity contribution in [1.29, 1.82) is 0 Å². The van der Waals surface area contributed by atoms with Crippen LogP contribution in [0.3, 0.4) is 0 Å². The second kappa shape index (κ2) is 12.7. The van der Waals surface area contributed by atoms with E-state index in [-0.39, 0.29) is 17.9 Å². The van der Waals surface area contributed by atoms with Crippen LogP contribution in [-0.4, -0.2) is 67.0 Å². The number of rotatable bonds is 9. The van der Waals surface area contributed by atoms with Crippen LogP contribution in [0.25, 0.3) is 0 Å². The fraction of sp³-hybridized carbons (Fsp3) is 0.680. The maximum absolute atomic E-state index is 13.5. The topological polar surface area (TPSA) is 61.9 Å².